The molecule has 0 aliphatic carbocycles. The second kappa shape index (κ2) is 6.68. The Morgan fingerprint density at radius 2 is 2.32 bits per heavy atom. The van der Waals surface area contributed by atoms with Gasteiger partial charge in [-0.25, -0.2) is 9.97 Å². The van der Waals surface area contributed by atoms with Gasteiger partial charge in [0.25, 0.3) is 0 Å². The van der Waals surface area contributed by atoms with Crippen LogP contribution >= 0.6 is 0 Å². The molecule has 1 aromatic heterocycles. The van der Waals surface area contributed by atoms with E-state index in [2.05, 4.69) is 33.9 Å². The highest BCUT2D eigenvalue weighted by Crippen LogP contribution is 2.18. The van der Waals surface area contributed by atoms with Gasteiger partial charge in [-0.1, -0.05) is 0 Å². The van der Waals surface area contributed by atoms with Gasteiger partial charge in [-0.05, 0) is 14.1 Å². The average molecular weight is 266 g/mol. The Labute approximate surface area is 114 Å². The molecule has 1 aromatic rings. The molecule has 1 atom stereocenters. The highest BCUT2D eigenvalue weighted by Gasteiger charge is 2.20. The molecule has 19 heavy (non-hydrogen) atoms. The molecule has 0 spiro atoms. The predicted octanol–water partition coefficient (Wildman–Crippen LogP) is 0.500. The van der Waals surface area contributed by atoms with Crippen LogP contribution in [0, 0.1) is 5.92 Å². The van der Waals surface area contributed by atoms with Crippen molar-refractivity contribution in [3.8, 4) is 5.88 Å². The SMILES string of the molecule is COc1cc(N2CCOCC(CN(C)C)C2)ncn1. The maximum atomic E-state index is 5.67. The van der Waals surface area contributed by atoms with E-state index in [9.17, 15) is 0 Å². The van der Waals surface area contributed by atoms with Crippen molar-refractivity contribution in [2.45, 2.75) is 0 Å². The molecule has 0 amide bonds. The van der Waals surface area contributed by atoms with Crippen molar-refractivity contribution in [2.75, 3.05) is 59.0 Å². The van der Waals surface area contributed by atoms with E-state index < -0.39 is 0 Å². The fourth-order valence-corrected chi connectivity index (χ4v) is 2.33. The number of aromatic nitrogens is 2. The van der Waals surface area contributed by atoms with E-state index in [1.165, 1.54) is 0 Å². The summed E-state index contributed by atoms with van der Waals surface area (Å²) < 4.78 is 10.8. The van der Waals surface area contributed by atoms with Gasteiger partial charge in [0.1, 0.15) is 12.1 Å². The highest BCUT2D eigenvalue weighted by atomic mass is 16.5. The Morgan fingerprint density at radius 1 is 1.47 bits per heavy atom. The first-order valence-corrected chi connectivity index (χ1v) is 6.52. The first-order valence-electron chi connectivity index (χ1n) is 6.52. The molecule has 0 N–H and O–H groups in total. The Balaban J connectivity index is 2.08. The van der Waals surface area contributed by atoms with Crippen LogP contribution in [0.25, 0.3) is 0 Å². The summed E-state index contributed by atoms with van der Waals surface area (Å²) in [6.45, 7) is 4.34. The smallest absolute Gasteiger partial charge is 0.218 e. The molecule has 1 fully saturated rings. The summed E-state index contributed by atoms with van der Waals surface area (Å²) in [7, 11) is 5.79. The summed E-state index contributed by atoms with van der Waals surface area (Å²) in [6, 6.07) is 1.87. The normalized spacial score (nSPS) is 20.4. The largest absolute Gasteiger partial charge is 0.481 e. The first-order chi connectivity index (χ1) is 9.19. The van der Waals surface area contributed by atoms with Gasteiger partial charge in [0.15, 0.2) is 0 Å². The molecule has 0 bridgehead atoms. The zero-order valence-corrected chi connectivity index (χ0v) is 11.9. The molecule has 2 rings (SSSR count). The second-order valence-electron chi connectivity index (χ2n) is 5.07. The van der Waals surface area contributed by atoms with Crippen LogP contribution in [0.4, 0.5) is 5.82 Å². The van der Waals surface area contributed by atoms with Gasteiger partial charge in [-0.15, -0.1) is 0 Å². The fraction of sp³-hybridized carbons (Fsp3) is 0.692. The summed E-state index contributed by atoms with van der Waals surface area (Å²) in [6.07, 6.45) is 1.54. The predicted molar refractivity (Wildman–Crippen MR) is 73.7 cm³/mol. The van der Waals surface area contributed by atoms with Crippen molar-refractivity contribution in [1.29, 1.82) is 0 Å². The van der Waals surface area contributed by atoms with Crippen molar-refractivity contribution >= 4 is 5.82 Å². The molecular formula is C13H22N4O2. The molecule has 1 saturated heterocycles. The molecule has 1 aliphatic heterocycles. The minimum absolute atomic E-state index is 0.485. The number of anilines is 1. The minimum Gasteiger partial charge on any atom is -0.481 e. The van der Waals surface area contributed by atoms with Gasteiger partial charge in [-0.2, -0.15) is 0 Å². The summed E-state index contributed by atoms with van der Waals surface area (Å²) in [5.74, 6) is 1.99. The quantitative estimate of drug-likeness (QED) is 0.791. The maximum Gasteiger partial charge on any atom is 0.218 e. The Hall–Kier alpha value is -1.40. The Bertz CT molecular complexity index is 400. The minimum atomic E-state index is 0.485. The number of ether oxygens (including phenoxy) is 2. The lowest BCUT2D eigenvalue weighted by atomic mass is 10.1. The van der Waals surface area contributed by atoms with Crippen molar-refractivity contribution in [3.05, 3.63) is 12.4 Å². The van der Waals surface area contributed by atoms with Crippen LogP contribution in [-0.4, -0.2) is 68.9 Å². The van der Waals surface area contributed by atoms with E-state index in [1.54, 1.807) is 13.4 Å². The van der Waals surface area contributed by atoms with E-state index in [1.807, 2.05) is 6.07 Å². The van der Waals surface area contributed by atoms with Crippen molar-refractivity contribution in [1.82, 2.24) is 14.9 Å². The van der Waals surface area contributed by atoms with E-state index >= 15 is 0 Å². The van der Waals surface area contributed by atoms with Crippen molar-refractivity contribution in [3.63, 3.8) is 0 Å². The Kier molecular flexibility index (Phi) is 4.93. The summed E-state index contributed by atoms with van der Waals surface area (Å²) in [5, 5.41) is 0. The molecule has 1 aliphatic rings. The average Bonchev–Trinajstić information content (AvgIpc) is 2.64. The molecule has 6 heteroatoms. The molecule has 0 saturated carbocycles. The van der Waals surface area contributed by atoms with E-state index in [0.29, 0.717) is 11.8 Å². The molecule has 0 aromatic carbocycles. The van der Waals surface area contributed by atoms with Crippen LogP contribution in [0.3, 0.4) is 0 Å². The molecule has 106 valence electrons. The van der Waals surface area contributed by atoms with Crippen molar-refractivity contribution in [2.24, 2.45) is 5.92 Å². The van der Waals surface area contributed by atoms with Gasteiger partial charge in [0.05, 0.1) is 20.3 Å². The van der Waals surface area contributed by atoms with Gasteiger partial charge >= 0.3 is 0 Å². The maximum absolute atomic E-state index is 5.67. The fourth-order valence-electron chi connectivity index (χ4n) is 2.33. The summed E-state index contributed by atoms with van der Waals surface area (Å²) in [5.41, 5.74) is 0. The van der Waals surface area contributed by atoms with Crippen LogP contribution in [0.1, 0.15) is 0 Å². The van der Waals surface area contributed by atoms with Gasteiger partial charge in [-0.3, -0.25) is 0 Å². The van der Waals surface area contributed by atoms with Crippen LogP contribution in [0.5, 0.6) is 5.88 Å². The van der Waals surface area contributed by atoms with E-state index in [4.69, 9.17) is 9.47 Å². The van der Waals surface area contributed by atoms with Crippen LogP contribution in [-0.2, 0) is 4.74 Å². The topological polar surface area (TPSA) is 50.7 Å². The monoisotopic (exact) mass is 266 g/mol. The second-order valence-corrected chi connectivity index (χ2v) is 5.07. The lowest BCUT2D eigenvalue weighted by molar-refractivity contribution is 0.113. The molecular weight excluding hydrogens is 244 g/mol. The van der Waals surface area contributed by atoms with Crippen LogP contribution in [0.15, 0.2) is 12.4 Å². The van der Waals surface area contributed by atoms with Gasteiger partial charge in [0, 0.05) is 31.6 Å². The molecule has 6 nitrogen and oxygen atoms in total. The lowest BCUT2D eigenvalue weighted by Crippen LogP contribution is -2.35. The van der Waals surface area contributed by atoms with Crippen LogP contribution < -0.4 is 9.64 Å². The third-order valence-corrected chi connectivity index (χ3v) is 3.12. The summed E-state index contributed by atoms with van der Waals surface area (Å²) in [4.78, 5) is 12.8. The zero-order valence-electron chi connectivity index (χ0n) is 11.9. The van der Waals surface area contributed by atoms with Gasteiger partial charge < -0.3 is 19.3 Å². The molecule has 1 unspecified atom stereocenters. The van der Waals surface area contributed by atoms with Crippen LogP contribution in [0.2, 0.25) is 0 Å². The van der Waals surface area contributed by atoms with E-state index in [0.717, 1.165) is 38.7 Å². The van der Waals surface area contributed by atoms with Crippen molar-refractivity contribution < 1.29 is 9.47 Å². The highest BCUT2D eigenvalue weighted by molar-refractivity contribution is 5.41. The third kappa shape index (κ3) is 4.04. The van der Waals surface area contributed by atoms with E-state index in [-0.39, 0.29) is 0 Å². The lowest BCUT2D eigenvalue weighted by Gasteiger charge is -2.26. The third-order valence-electron chi connectivity index (χ3n) is 3.12. The Morgan fingerprint density at radius 3 is 3.05 bits per heavy atom. The standard InChI is InChI=1S/C13H22N4O2/c1-16(2)7-11-8-17(4-5-19-9-11)12-6-13(18-3)15-10-14-12/h6,10-11H,4-5,7-9H2,1-3H3. The first kappa shape index (κ1) is 14.0. The number of hydrogen-bond acceptors (Lipinski definition) is 6. The molecule has 0 radical (unpaired) electrons. The number of methoxy groups -OCH3 is 1. The number of nitrogens with zero attached hydrogens (tertiary/aromatic N) is 4. The zero-order chi connectivity index (χ0) is 13.7. The number of hydrogen-bond donors (Lipinski definition) is 0. The van der Waals surface area contributed by atoms with Gasteiger partial charge in [0.2, 0.25) is 5.88 Å². The summed E-state index contributed by atoms with van der Waals surface area (Å²) >= 11 is 0. The number of rotatable bonds is 4. The molecule has 2 heterocycles.